The highest BCUT2D eigenvalue weighted by Gasteiger charge is 2.28. The van der Waals surface area contributed by atoms with Gasteiger partial charge in [0.1, 0.15) is 0 Å². The van der Waals surface area contributed by atoms with Crippen molar-refractivity contribution in [3.63, 3.8) is 0 Å². The molecular formula is C20H28N4O4. The maximum Gasteiger partial charge on any atom is 0.313 e. The summed E-state index contributed by atoms with van der Waals surface area (Å²) in [6, 6.07) is 7.49. The van der Waals surface area contributed by atoms with E-state index in [1.807, 2.05) is 34.9 Å². The molecule has 1 aromatic rings. The van der Waals surface area contributed by atoms with E-state index < -0.39 is 11.8 Å². The summed E-state index contributed by atoms with van der Waals surface area (Å²) in [5.74, 6) is -1.04. The van der Waals surface area contributed by atoms with Gasteiger partial charge in [0.05, 0.1) is 19.8 Å². The smallest absolute Gasteiger partial charge is 0.313 e. The van der Waals surface area contributed by atoms with E-state index >= 15 is 0 Å². The lowest BCUT2D eigenvalue weighted by atomic mass is 10.1. The Morgan fingerprint density at radius 2 is 1.64 bits per heavy atom. The fraction of sp³-hybridized carbons (Fsp3) is 0.550. The van der Waals surface area contributed by atoms with Crippen molar-refractivity contribution in [1.82, 2.24) is 14.7 Å². The van der Waals surface area contributed by atoms with Crippen LogP contribution >= 0.6 is 0 Å². The Bertz CT molecular complexity index is 710. The molecular weight excluding hydrogens is 360 g/mol. The van der Waals surface area contributed by atoms with Crippen LogP contribution in [0.4, 0.5) is 5.69 Å². The number of carbonyl (C=O) groups is 3. The highest BCUT2D eigenvalue weighted by atomic mass is 16.5. The maximum atomic E-state index is 12.5. The minimum atomic E-state index is -0.612. The second kappa shape index (κ2) is 9.66. The Hall–Kier alpha value is -2.45. The van der Waals surface area contributed by atoms with Crippen LogP contribution < -0.4 is 5.32 Å². The Morgan fingerprint density at radius 3 is 2.32 bits per heavy atom. The van der Waals surface area contributed by atoms with Gasteiger partial charge in [0.2, 0.25) is 5.91 Å². The van der Waals surface area contributed by atoms with Crippen molar-refractivity contribution in [3.8, 4) is 0 Å². The zero-order valence-corrected chi connectivity index (χ0v) is 16.4. The minimum Gasteiger partial charge on any atom is -0.378 e. The van der Waals surface area contributed by atoms with E-state index in [2.05, 4.69) is 5.32 Å². The van der Waals surface area contributed by atoms with Crippen molar-refractivity contribution >= 4 is 23.4 Å². The maximum absolute atomic E-state index is 12.5. The van der Waals surface area contributed by atoms with Crippen LogP contribution in [0.2, 0.25) is 0 Å². The number of piperazine rings is 1. The molecule has 2 saturated heterocycles. The first-order chi connectivity index (χ1) is 13.6. The van der Waals surface area contributed by atoms with Gasteiger partial charge in [0.15, 0.2) is 0 Å². The van der Waals surface area contributed by atoms with Gasteiger partial charge in [-0.1, -0.05) is 25.1 Å². The van der Waals surface area contributed by atoms with Gasteiger partial charge in [0, 0.05) is 45.0 Å². The summed E-state index contributed by atoms with van der Waals surface area (Å²) < 4.78 is 5.27. The van der Waals surface area contributed by atoms with Crippen molar-refractivity contribution in [1.29, 1.82) is 0 Å². The van der Waals surface area contributed by atoms with E-state index in [0.29, 0.717) is 64.7 Å². The summed E-state index contributed by atoms with van der Waals surface area (Å²) in [6.07, 6.45) is 0.778. The third-order valence-corrected chi connectivity index (χ3v) is 5.22. The van der Waals surface area contributed by atoms with Crippen molar-refractivity contribution in [2.75, 3.05) is 64.3 Å². The standard InChI is InChI=1S/C20H28N4O4/c1-2-16-5-3-4-6-17(16)21-19(26)20(27)24-9-7-22(8-10-24)15-18(25)23-11-13-28-14-12-23/h3-6H,2,7-15H2,1H3,(H,21,26). The lowest BCUT2D eigenvalue weighted by Crippen LogP contribution is -2.54. The number of rotatable bonds is 4. The van der Waals surface area contributed by atoms with Crippen LogP contribution in [0, 0.1) is 0 Å². The number of nitrogens with one attached hydrogen (secondary N) is 1. The van der Waals surface area contributed by atoms with E-state index in [1.165, 1.54) is 0 Å². The number of anilines is 1. The zero-order valence-electron chi connectivity index (χ0n) is 16.4. The Morgan fingerprint density at radius 1 is 0.964 bits per heavy atom. The molecule has 8 nitrogen and oxygen atoms in total. The topological polar surface area (TPSA) is 82.2 Å². The second-order valence-electron chi connectivity index (χ2n) is 7.03. The number of benzene rings is 1. The van der Waals surface area contributed by atoms with Crippen molar-refractivity contribution in [3.05, 3.63) is 29.8 Å². The molecule has 0 spiro atoms. The predicted molar refractivity (Wildman–Crippen MR) is 105 cm³/mol. The van der Waals surface area contributed by atoms with Crippen LogP contribution in [-0.4, -0.2) is 91.4 Å². The SMILES string of the molecule is CCc1ccccc1NC(=O)C(=O)N1CCN(CC(=O)N2CCOCC2)CC1. The summed E-state index contributed by atoms with van der Waals surface area (Å²) in [7, 11) is 0. The number of aryl methyl sites for hydroxylation is 1. The van der Waals surface area contributed by atoms with Crippen LogP contribution in [0.25, 0.3) is 0 Å². The lowest BCUT2D eigenvalue weighted by Gasteiger charge is -2.35. The largest absolute Gasteiger partial charge is 0.378 e. The molecule has 0 atom stereocenters. The Labute approximate surface area is 165 Å². The average Bonchev–Trinajstić information content (AvgIpc) is 2.74. The predicted octanol–water partition coefficient (Wildman–Crippen LogP) is 0.191. The Kier molecular flexibility index (Phi) is 7.00. The summed E-state index contributed by atoms with van der Waals surface area (Å²) in [6.45, 7) is 6.85. The van der Waals surface area contributed by atoms with Gasteiger partial charge in [-0.15, -0.1) is 0 Å². The van der Waals surface area contributed by atoms with Gasteiger partial charge >= 0.3 is 11.8 Å². The van der Waals surface area contributed by atoms with Gasteiger partial charge in [-0.25, -0.2) is 0 Å². The number of hydrogen-bond acceptors (Lipinski definition) is 5. The quantitative estimate of drug-likeness (QED) is 0.745. The fourth-order valence-corrected chi connectivity index (χ4v) is 3.48. The molecule has 152 valence electrons. The van der Waals surface area contributed by atoms with Crippen molar-refractivity contribution in [2.24, 2.45) is 0 Å². The first-order valence-corrected chi connectivity index (χ1v) is 9.84. The van der Waals surface area contributed by atoms with E-state index in [9.17, 15) is 14.4 Å². The molecule has 2 aliphatic heterocycles. The molecule has 2 aliphatic rings. The molecule has 2 heterocycles. The fourth-order valence-electron chi connectivity index (χ4n) is 3.48. The van der Waals surface area contributed by atoms with Gasteiger partial charge < -0.3 is 19.9 Å². The van der Waals surface area contributed by atoms with Gasteiger partial charge in [-0.2, -0.15) is 0 Å². The molecule has 0 unspecified atom stereocenters. The normalized spacial score (nSPS) is 18.0. The first kappa shape index (κ1) is 20.3. The lowest BCUT2D eigenvalue weighted by molar-refractivity contribution is -0.145. The van der Waals surface area contributed by atoms with Crippen LogP contribution in [0.1, 0.15) is 12.5 Å². The molecule has 0 aliphatic carbocycles. The number of nitrogens with zero attached hydrogens (tertiary/aromatic N) is 3. The Balaban J connectivity index is 1.46. The molecule has 8 heteroatoms. The monoisotopic (exact) mass is 388 g/mol. The summed E-state index contributed by atoms with van der Waals surface area (Å²) in [4.78, 5) is 42.6. The van der Waals surface area contributed by atoms with Crippen LogP contribution in [-0.2, 0) is 25.5 Å². The number of hydrogen-bond donors (Lipinski definition) is 1. The molecule has 0 bridgehead atoms. The summed E-state index contributed by atoms with van der Waals surface area (Å²) in [5.41, 5.74) is 1.67. The third-order valence-electron chi connectivity index (χ3n) is 5.22. The average molecular weight is 388 g/mol. The summed E-state index contributed by atoms with van der Waals surface area (Å²) in [5, 5.41) is 2.73. The molecule has 2 fully saturated rings. The number of morpholine rings is 1. The van der Waals surface area contributed by atoms with Crippen LogP contribution in [0.15, 0.2) is 24.3 Å². The summed E-state index contributed by atoms with van der Waals surface area (Å²) >= 11 is 0. The molecule has 0 saturated carbocycles. The number of amides is 3. The molecule has 1 aromatic carbocycles. The van der Waals surface area contributed by atoms with E-state index in [0.717, 1.165) is 12.0 Å². The third kappa shape index (κ3) is 5.08. The molecule has 1 N–H and O–H groups in total. The minimum absolute atomic E-state index is 0.0944. The van der Waals surface area contributed by atoms with Crippen molar-refractivity contribution in [2.45, 2.75) is 13.3 Å². The molecule has 0 aromatic heterocycles. The number of ether oxygens (including phenoxy) is 1. The molecule has 3 amide bonds. The highest BCUT2D eigenvalue weighted by Crippen LogP contribution is 2.15. The first-order valence-electron chi connectivity index (χ1n) is 9.84. The van der Waals surface area contributed by atoms with E-state index in [-0.39, 0.29) is 5.91 Å². The molecule has 3 rings (SSSR count). The van der Waals surface area contributed by atoms with Gasteiger partial charge in [-0.3, -0.25) is 19.3 Å². The molecule has 28 heavy (non-hydrogen) atoms. The van der Waals surface area contributed by atoms with Crippen LogP contribution in [0.3, 0.4) is 0 Å². The molecule has 0 radical (unpaired) electrons. The zero-order chi connectivity index (χ0) is 19.9. The van der Waals surface area contributed by atoms with Gasteiger partial charge in [0.25, 0.3) is 0 Å². The number of carbonyl (C=O) groups excluding carboxylic acids is 3. The highest BCUT2D eigenvalue weighted by molar-refractivity contribution is 6.39. The van der Waals surface area contributed by atoms with E-state index in [4.69, 9.17) is 4.74 Å². The number of para-hydroxylation sites is 1. The van der Waals surface area contributed by atoms with Crippen molar-refractivity contribution < 1.29 is 19.1 Å². The van der Waals surface area contributed by atoms with Crippen LogP contribution in [0.5, 0.6) is 0 Å². The second-order valence-corrected chi connectivity index (χ2v) is 7.03. The van der Waals surface area contributed by atoms with Gasteiger partial charge in [-0.05, 0) is 18.1 Å². The van der Waals surface area contributed by atoms with E-state index in [1.54, 1.807) is 11.0 Å².